The third-order valence-corrected chi connectivity index (χ3v) is 8.08. The Bertz CT molecular complexity index is 1220. The van der Waals surface area contributed by atoms with Crippen molar-refractivity contribution in [3.8, 4) is 0 Å². The van der Waals surface area contributed by atoms with E-state index in [2.05, 4.69) is 30.6 Å². The smallest absolute Gasteiger partial charge is 0.350 e. The summed E-state index contributed by atoms with van der Waals surface area (Å²) >= 11 is 0. The highest BCUT2D eigenvalue weighted by Gasteiger charge is 2.85. The molecule has 3 atom stereocenters. The number of allylic oxidation sites excluding steroid dienone is 3. The molecule has 2 aliphatic heterocycles. The Kier molecular flexibility index (Phi) is 9.64. The van der Waals surface area contributed by atoms with E-state index in [-0.39, 0.29) is 30.3 Å². The van der Waals surface area contributed by atoms with Gasteiger partial charge in [0.25, 0.3) is 5.60 Å². The van der Waals surface area contributed by atoms with Crippen LogP contribution in [0.3, 0.4) is 0 Å². The molecule has 1 aliphatic carbocycles. The van der Waals surface area contributed by atoms with Gasteiger partial charge in [-0.05, 0) is 50.8 Å². The van der Waals surface area contributed by atoms with Crippen LogP contribution in [0.5, 0.6) is 0 Å². The Balaban J connectivity index is 1.52. The first kappa shape index (κ1) is 29.7. The number of benzene rings is 1. The Hall–Kier alpha value is -3.23. The number of ether oxygens (including phenoxy) is 2. The summed E-state index contributed by atoms with van der Waals surface area (Å²) in [4.78, 5) is 41.2. The minimum atomic E-state index is -1.93. The van der Waals surface area contributed by atoms with E-state index in [1.54, 1.807) is 24.3 Å². The maximum atomic E-state index is 13.8. The third-order valence-electron chi connectivity index (χ3n) is 8.08. The molecule has 0 spiro atoms. The van der Waals surface area contributed by atoms with Gasteiger partial charge < -0.3 is 25.8 Å². The molecule has 8 heteroatoms. The highest BCUT2D eigenvalue weighted by molar-refractivity contribution is 6.32. The second-order valence-corrected chi connectivity index (χ2v) is 11.1. The van der Waals surface area contributed by atoms with Crippen molar-refractivity contribution < 1.29 is 23.9 Å². The third kappa shape index (κ3) is 5.93. The lowest BCUT2D eigenvalue weighted by atomic mass is 9.72. The fourth-order valence-electron chi connectivity index (χ4n) is 5.60. The number of esters is 1. The number of dihydropyridines is 1. The predicted octanol–water partition coefficient (Wildman–Crippen LogP) is 4.37. The molecule has 8 nitrogen and oxygen atoms in total. The number of carbonyl (C=O) groups excluding carboxylic acids is 3. The summed E-state index contributed by atoms with van der Waals surface area (Å²) in [5, 5.41) is 6.47. The molecule has 0 amide bonds. The molecule has 2 heterocycles. The van der Waals surface area contributed by atoms with Crippen LogP contribution < -0.4 is 16.4 Å². The Morgan fingerprint density at radius 3 is 2.65 bits per heavy atom. The number of ketones is 2. The molecule has 4 rings (SSSR count). The van der Waals surface area contributed by atoms with Gasteiger partial charge in [-0.1, -0.05) is 68.7 Å². The molecule has 0 aromatic heterocycles. The first-order chi connectivity index (χ1) is 19.3. The van der Waals surface area contributed by atoms with E-state index in [1.807, 2.05) is 19.1 Å². The van der Waals surface area contributed by atoms with Crippen LogP contribution in [0.4, 0.5) is 0 Å². The van der Waals surface area contributed by atoms with Gasteiger partial charge in [0.2, 0.25) is 5.78 Å². The summed E-state index contributed by atoms with van der Waals surface area (Å²) in [6.45, 7) is 8.71. The summed E-state index contributed by atoms with van der Waals surface area (Å²) in [5.74, 6) is -0.822. The van der Waals surface area contributed by atoms with Crippen molar-refractivity contribution in [3.63, 3.8) is 0 Å². The van der Waals surface area contributed by atoms with Crippen molar-refractivity contribution >= 4 is 17.5 Å². The molecule has 0 saturated carbocycles. The fourth-order valence-corrected chi connectivity index (χ4v) is 5.60. The molecule has 216 valence electrons. The van der Waals surface area contributed by atoms with Crippen LogP contribution in [0.15, 0.2) is 59.5 Å². The summed E-state index contributed by atoms with van der Waals surface area (Å²) in [6.07, 6.45) is 11.6. The molecule has 1 fully saturated rings. The molecule has 3 unspecified atom stereocenters. The number of nitrogens with one attached hydrogen (secondary N) is 2. The number of Topliss-reactive ketones (excluding diaryl/α,β-unsaturated/α-hetero) is 2. The SMILES string of the molecule is CCCCC(CNCCC)COC(=O)C12OC1(CC=C(C)CCC1=CCNC(N)=C1)C(=O)c1ccccc1C2=O. The van der Waals surface area contributed by atoms with E-state index in [4.69, 9.17) is 15.2 Å². The molecule has 1 saturated heterocycles. The normalized spacial score (nSPS) is 24.3. The summed E-state index contributed by atoms with van der Waals surface area (Å²) < 4.78 is 11.8. The van der Waals surface area contributed by atoms with Crippen molar-refractivity contribution in [2.24, 2.45) is 11.7 Å². The van der Waals surface area contributed by atoms with E-state index in [9.17, 15) is 14.4 Å². The molecule has 40 heavy (non-hydrogen) atoms. The van der Waals surface area contributed by atoms with E-state index < -0.39 is 23.0 Å². The van der Waals surface area contributed by atoms with Crippen molar-refractivity contribution in [3.05, 3.63) is 70.6 Å². The zero-order valence-corrected chi connectivity index (χ0v) is 24.0. The number of hydrogen-bond acceptors (Lipinski definition) is 8. The molecular weight excluding hydrogens is 506 g/mol. The molecule has 1 aromatic rings. The van der Waals surface area contributed by atoms with Crippen LogP contribution in [0.25, 0.3) is 0 Å². The Labute approximate surface area is 237 Å². The monoisotopic (exact) mass is 549 g/mol. The van der Waals surface area contributed by atoms with Gasteiger partial charge in [-0.25, -0.2) is 4.79 Å². The maximum Gasteiger partial charge on any atom is 0.350 e. The van der Waals surface area contributed by atoms with E-state index in [0.29, 0.717) is 17.9 Å². The van der Waals surface area contributed by atoms with Crippen LogP contribution in [0.2, 0.25) is 0 Å². The summed E-state index contributed by atoms with van der Waals surface area (Å²) in [6, 6.07) is 6.63. The predicted molar refractivity (Wildman–Crippen MR) is 155 cm³/mol. The van der Waals surface area contributed by atoms with Crippen LogP contribution in [0.1, 0.15) is 86.4 Å². The van der Waals surface area contributed by atoms with E-state index in [1.165, 1.54) is 0 Å². The zero-order chi connectivity index (χ0) is 28.8. The van der Waals surface area contributed by atoms with Gasteiger partial charge in [0.05, 0.1) is 12.4 Å². The second kappa shape index (κ2) is 13.0. The standard InChI is InChI=1S/C32H43N3O5/c1-4-6-9-24(20-34-17-5-2)21-39-30(38)32-29(37)26-11-8-7-10-25(26)28(36)31(32,40-32)16-14-22(3)12-13-23-15-18-35-27(33)19-23/h7-8,10-11,14-15,19,24,34-35H,4-6,9,12-13,16-18,20-21,33H2,1-3H3. The largest absolute Gasteiger partial charge is 0.463 e. The first-order valence-corrected chi connectivity index (χ1v) is 14.6. The highest BCUT2D eigenvalue weighted by atomic mass is 16.7. The quantitative estimate of drug-likeness (QED) is 0.0969. The van der Waals surface area contributed by atoms with Gasteiger partial charge in [0, 0.05) is 36.6 Å². The molecular formula is C32H43N3O5. The summed E-state index contributed by atoms with van der Waals surface area (Å²) in [5.41, 5.74) is 5.07. The second-order valence-electron chi connectivity index (χ2n) is 11.1. The lowest BCUT2D eigenvalue weighted by Crippen LogP contribution is -2.50. The Morgan fingerprint density at radius 1 is 1.20 bits per heavy atom. The van der Waals surface area contributed by atoms with Gasteiger partial charge in [0.15, 0.2) is 11.4 Å². The van der Waals surface area contributed by atoms with Gasteiger partial charge in [-0.15, -0.1) is 0 Å². The van der Waals surface area contributed by atoms with Crippen molar-refractivity contribution in [1.82, 2.24) is 10.6 Å². The van der Waals surface area contributed by atoms with Gasteiger partial charge >= 0.3 is 5.97 Å². The number of hydrogen-bond donors (Lipinski definition) is 3. The zero-order valence-electron chi connectivity index (χ0n) is 24.0. The number of fused-ring (bicyclic) bond motifs is 2. The van der Waals surface area contributed by atoms with Crippen LogP contribution in [-0.4, -0.2) is 55.0 Å². The molecule has 3 aliphatic rings. The van der Waals surface area contributed by atoms with Crippen molar-refractivity contribution in [2.75, 3.05) is 26.2 Å². The van der Waals surface area contributed by atoms with Gasteiger partial charge in [0.1, 0.15) is 0 Å². The van der Waals surface area contributed by atoms with Crippen molar-refractivity contribution in [1.29, 1.82) is 0 Å². The van der Waals surface area contributed by atoms with Crippen LogP contribution in [-0.2, 0) is 14.3 Å². The number of nitrogens with two attached hydrogens (primary N) is 1. The molecule has 0 radical (unpaired) electrons. The fraction of sp³-hybridized carbons (Fsp3) is 0.531. The van der Waals surface area contributed by atoms with Gasteiger partial charge in [-0.3, -0.25) is 9.59 Å². The summed E-state index contributed by atoms with van der Waals surface area (Å²) in [7, 11) is 0. The topological polar surface area (TPSA) is 123 Å². The molecule has 0 bridgehead atoms. The maximum absolute atomic E-state index is 13.8. The van der Waals surface area contributed by atoms with Crippen molar-refractivity contribution in [2.45, 2.75) is 76.9 Å². The minimum absolute atomic E-state index is 0.121. The van der Waals surface area contributed by atoms with Gasteiger partial charge in [-0.2, -0.15) is 0 Å². The van der Waals surface area contributed by atoms with E-state index in [0.717, 1.165) is 62.8 Å². The molecule has 4 N–H and O–H groups in total. The first-order valence-electron chi connectivity index (χ1n) is 14.6. The van der Waals surface area contributed by atoms with E-state index >= 15 is 0 Å². The highest BCUT2D eigenvalue weighted by Crippen LogP contribution is 2.58. The number of epoxide rings is 1. The number of carbonyl (C=O) groups is 3. The average Bonchev–Trinajstić information content (AvgIpc) is 3.67. The van der Waals surface area contributed by atoms with Crippen LogP contribution >= 0.6 is 0 Å². The number of rotatable bonds is 15. The molecule has 1 aromatic carbocycles. The van der Waals surface area contributed by atoms with Crippen LogP contribution in [0, 0.1) is 5.92 Å². The lowest BCUT2D eigenvalue weighted by Gasteiger charge is -2.24. The minimum Gasteiger partial charge on any atom is -0.463 e. The lowest BCUT2D eigenvalue weighted by molar-refractivity contribution is -0.149. The number of unbranched alkanes of at least 4 members (excludes halogenated alkanes) is 1. The Morgan fingerprint density at radius 2 is 1.95 bits per heavy atom. The average molecular weight is 550 g/mol.